The van der Waals surface area contributed by atoms with Crippen molar-refractivity contribution < 1.29 is 22.7 Å². The fraction of sp³-hybridized carbons (Fsp3) is 0.480. The molecule has 1 saturated carbocycles. The zero-order valence-corrected chi connectivity index (χ0v) is 18.2. The van der Waals surface area contributed by atoms with Gasteiger partial charge in [0.25, 0.3) is 0 Å². The number of rotatable bonds is 8. The standard InChI is InChI=1S/C25H30F3NO2/c1-4-6-9-21(28)23(8-5-2)31-20-15-25(3,16-20)24(30)29-11-7-10-22(29)17-12-18(26)14-19(27)13-17/h4,6,9,12-14,20,22H,1,5,7-8,10-11,15-16H2,2-3H3/b9-6-,23-21-. The second kappa shape index (κ2) is 9.75. The zero-order valence-electron chi connectivity index (χ0n) is 18.2. The van der Waals surface area contributed by atoms with Crippen molar-refractivity contribution in [2.24, 2.45) is 5.41 Å². The molecular weight excluding hydrogens is 403 g/mol. The van der Waals surface area contributed by atoms with E-state index in [9.17, 15) is 18.0 Å². The number of hydrogen-bond acceptors (Lipinski definition) is 2. The maximum atomic E-state index is 14.3. The lowest BCUT2D eigenvalue weighted by atomic mass is 9.67. The van der Waals surface area contributed by atoms with Gasteiger partial charge in [-0.3, -0.25) is 4.79 Å². The Bertz CT molecular complexity index is 867. The van der Waals surface area contributed by atoms with Crippen LogP contribution in [-0.4, -0.2) is 23.5 Å². The smallest absolute Gasteiger partial charge is 0.229 e. The number of nitrogens with zero attached hydrogens (tertiary/aromatic N) is 1. The van der Waals surface area contributed by atoms with Crippen molar-refractivity contribution in [3.05, 3.63) is 71.8 Å². The van der Waals surface area contributed by atoms with Crippen molar-refractivity contribution in [3.63, 3.8) is 0 Å². The maximum Gasteiger partial charge on any atom is 0.229 e. The summed E-state index contributed by atoms with van der Waals surface area (Å²) in [7, 11) is 0. The Hall–Kier alpha value is -2.50. The minimum Gasteiger partial charge on any atom is -0.492 e. The van der Waals surface area contributed by atoms with Gasteiger partial charge in [0.2, 0.25) is 5.91 Å². The van der Waals surface area contributed by atoms with E-state index in [1.807, 2.05) is 13.8 Å². The van der Waals surface area contributed by atoms with Gasteiger partial charge in [0.1, 0.15) is 23.5 Å². The fourth-order valence-electron chi connectivity index (χ4n) is 4.58. The van der Waals surface area contributed by atoms with E-state index >= 15 is 0 Å². The number of ether oxygens (including phenoxy) is 1. The predicted octanol–water partition coefficient (Wildman–Crippen LogP) is 6.54. The van der Waals surface area contributed by atoms with Crippen LogP contribution in [0.5, 0.6) is 0 Å². The highest BCUT2D eigenvalue weighted by atomic mass is 19.1. The van der Waals surface area contributed by atoms with Crippen LogP contribution < -0.4 is 0 Å². The lowest BCUT2D eigenvalue weighted by Crippen LogP contribution is -2.52. The molecule has 1 saturated heterocycles. The van der Waals surface area contributed by atoms with Crippen LogP contribution in [0.2, 0.25) is 0 Å². The van der Waals surface area contributed by atoms with E-state index in [4.69, 9.17) is 4.74 Å². The molecule has 0 aromatic heterocycles. The number of carbonyl (C=O) groups is 1. The summed E-state index contributed by atoms with van der Waals surface area (Å²) in [6.07, 6.45) is 7.77. The molecule has 2 aliphatic rings. The number of likely N-dealkylation sites (tertiary alicyclic amines) is 1. The van der Waals surface area contributed by atoms with Crippen LogP contribution in [-0.2, 0) is 9.53 Å². The lowest BCUT2D eigenvalue weighted by molar-refractivity contribution is -0.156. The van der Waals surface area contributed by atoms with Crippen molar-refractivity contribution >= 4 is 5.91 Å². The topological polar surface area (TPSA) is 29.5 Å². The van der Waals surface area contributed by atoms with Crippen LogP contribution in [0.3, 0.4) is 0 Å². The summed E-state index contributed by atoms with van der Waals surface area (Å²) < 4.78 is 47.6. The zero-order chi connectivity index (χ0) is 22.6. The number of amides is 1. The van der Waals surface area contributed by atoms with Crippen molar-refractivity contribution in [1.29, 1.82) is 0 Å². The third-order valence-electron chi connectivity index (χ3n) is 6.09. The molecule has 1 aromatic carbocycles. The Morgan fingerprint density at radius 2 is 1.97 bits per heavy atom. The molecule has 1 atom stereocenters. The summed E-state index contributed by atoms with van der Waals surface area (Å²) in [6.45, 7) is 7.93. The molecule has 2 fully saturated rings. The van der Waals surface area contributed by atoms with Crippen LogP contribution in [0, 0.1) is 17.0 Å². The van der Waals surface area contributed by atoms with E-state index in [0.29, 0.717) is 43.6 Å². The molecule has 1 heterocycles. The Labute approximate surface area is 182 Å². The molecule has 1 aliphatic carbocycles. The molecule has 6 heteroatoms. The third kappa shape index (κ3) is 5.23. The van der Waals surface area contributed by atoms with Crippen molar-refractivity contribution in [3.8, 4) is 0 Å². The fourth-order valence-corrected chi connectivity index (χ4v) is 4.58. The van der Waals surface area contributed by atoms with Crippen LogP contribution in [0.25, 0.3) is 0 Å². The van der Waals surface area contributed by atoms with Gasteiger partial charge in [0.15, 0.2) is 5.83 Å². The van der Waals surface area contributed by atoms with Gasteiger partial charge in [-0.1, -0.05) is 32.6 Å². The van der Waals surface area contributed by atoms with E-state index in [1.165, 1.54) is 30.4 Å². The minimum atomic E-state index is -0.639. The maximum absolute atomic E-state index is 14.3. The summed E-state index contributed by atoms with van der Waals surface area (Å²) in [5, 5.41) is 0. The van der Waals surface area contributed by atoms with Gasteiger partial charge >= 0.3 is 0 Å². The number of allylic oxidation sites excluding steroid dienone is 5. The Kier molecular flexibility index (Phi) is 7.29. The number of carbonyl (C=O) groups excluding carboxylic acids is 1. The first-order valence-electron chi connectivity index (χ1n) is 10.9. The molecule has 31 heavy (non-hydrogen) atoms. The molecule has 3 rings (SSSR count). The first kappa shape index (κ1) is 23.2. The summed E-state index contributed by atoms with van der Waals surface area (Å²) in [4.78, 5) is 15.0. The van der Waals surface area contributed by atoms with Crippen LogP contribution in [0.4, 0.5) is 13.2 Å². The van der Waals surface area contributed by atoms with Gasteiger partial charge in [-0.2, -0.15) is 0 Å². The minimum absolute atomic E-state index is 0.0347. The SMILES string of the molecule is C=C/C=C\C(F)=C(/CCC)OC1CC(C)(C(=O)N2CCCC2c2cc(F)cc(F)c2)C1. The summed E-state index contributed by atoms with van der Waals surface area (Å²) >= 11 is 0. The second-order valence-electron chi connectivity index (χ2n) is 8.68. The van der Waals surface area contributed by atoms with Gasteiger partial charge < -0.3 is 9.64 Å². The Balaban J connectivity index is 1.67. The molecule has 0 N–H and O–H groups in total. The van der Waals surface area contributed by atoms with Gasteiger partial charge in [0.05, 0.1) is 11.5 Å². The third-order valence-corrected chi connectivity index (χ3v) is 6.09. The molecule has 1 aromatic rings. The number of benzene rings is 1. The molecule has 0 radical (unpaired) electrons. The van der Waals surface area contributed by atoms with E-state index < -0.39 is 22.9 Å². The highest BCUT2D eigenvalue weighted by Crippen LogP contribution is 2.47. The normalized spacial score (nSPS) is 26.5. The van der Waals surface area contributed by atoms with Crippen molar-refractivity contribution in [2.45, 2.75) is 64.5 Å². The van der Waals surface area contributed by atoms with E-state index in [-0.39, 0.29) is 18.1 Å². The highest BCUT2D eigenvalue weighted by Gasteiger charge is 2.51. The van der Waals surface area contributed by atoms with E-state index in [2.05, 4.69) is 6.58 Å². The average Bonchev–Trinajstić information content (AvgIpc) is 3.18. The molecule has 168 valence electrons. The first-order valence-corrected chi connectivity index (χ1v) is 10.9. The Morgan fingerprint density at radius 1 is 1.29 bits per heavy atom. The first-order chi connectivity index (χ1) is 14.8. The van der Waals surface area contributed by atoms with Crippen molar-refractivity contribution in [1.82, 2.24) is 4.90 Å². The number of hydrogen-bond donors (Lipinski definition) is 0. The highest BCUT2D eigenvalue weighted by molar-refractivity contribution is 5.84. The molecule has 0 bridgehead atoms. The second-order valence-corrected chi connectivity index (χ2v) is 8.68. The van der Waals surface area contributed by atoms with Crippen LogP contribution in [0.1, 0.15) is 64.0 Å². The Morgan fingerprint density at radius 3 is 2.58 bits per heavy atom. The molecule has 3 nitrogen and oxygen atoms in total. The monoisotopic (exact) mass is 433 g/mol. The van der Waals surface area contributed by atoms with E-state index in [1.54, 1.807) is 4.90 Å². The van der Waals surface area contributed by atoms with Crippen LogP contribution in [0.15, 0.2) is 54.6 Å². The summed E-state index contributed by atoms with van der Waals surface area (Å²) in [5.41, 5.74) is -0.132. The quantitative estimate of drug-likeness (QED) is 0.344. The summed E-state index contributed by atoms with van der Waals surface area (Å²) in [6, 6.07) is 3.11. The van der Waals surface area contributed by atoms with Crippen LogP contribution >= 0.6 is 0 Å². The average molecular weight is 434 g/mol. The van der Waals surface area contributed by atoms with Crippen molar-refractivity contribution in [2.75, 3.05) is 6.54 Å². The molecule has 1 aliphatic heterocycles. The molecular formula is C25H30F3NO2. The molecule has 1 unspecified atom stereocenters. The van der Waals surface area contributed by atoms with Gasteiger partial charge in [-0.15, -0.1) is 0 Å². The largest absolute Gasteiger partial charge is 0.492 e. The molecule has 0 spiro atoms. The molecule has 1 amide bonds. The van der Waals surface area contributed by atoms with Gasteiger partial charge in [-0.25, -0.2) is 13.2 Å². The van der Waals surface area contributed by atoms with Gasteiger partial charge in [-0.05, 0) is 55.9 Å². The predicted molar refractivity (Wildman–Crippen MR) is 115 cm³/mol. The van der Waals surface area contributed by atoms with E-state index in [0.717, 1.165) is 18.9 Å². The number of halogens is 3. The summed E-state index contributed by atoms with van der Waals surface area (Å²) in [5.74, 6) is -1.43. The van der Waals surface area contributed by atoms with Gasteiger partial charge in [0, 0.05) is 19.0 Å². The lowest BCUT2D eigenvalue weighted by Gasteiger charge is -2.46.